The van der Waals surface area contributed by atoms with E-state index in [9.17, 15) is 0 Å². The Morgan fingerprint density at radius 3 is 2.54 bits per heavy atom. The van der Waals surface area contributed by atoms with E-state index in [1.807, 2.05) is 0 Å². The largest absolute Gasteiger partial charge is 0.0814 e. The molecule has 0 heteroatoms. The van der Waals surface area contributed by atoms with Crippen LogP contribution in [0, 0.1) is 5.92 Å². The van der Waals surface area contributed by atoms with E-state index in [4.69, 9.17) is 0 Å². The van der Waals surface area contributed by atoms with E-state index < -0.39 is 0 Å². The van der Waals surface area contributed by atoms with E-state index >= 15 is 0 Å². The molecule has 0 saturated heterocycles. The summed E-state index contributed by atoms with van der Waals surface area (Å²) in [6.07, 6.45) is 5.58. The van der Waals surface area contributed by atoms with Crippen molar-refractivity contribution in [2.45, 2.75) is 27.2 Å². The molecule has 0 atom stereocenters. The summed E-state index contributed by atoms with van der Waals surface area (Å²) in [5, 5.41) is 0. The average molecular weight is 174 g/mol. The van der Waals surface area contributed by atoms with E-state index in [-0.39, 0.29) is 0 Å². The third-order valence-corrected chi connectivity index (χ3v) is 2.10. The molecule has 1 rings (SSSR count). The maximum atomic E-state index is 2.24. The van der Waals surface area contributed by atoms with Crippen molar-refractivity contribution in [1.82, 2.24) is 0 Å². The van der Waals surface area contributed by atoms with Crippen molar-refractivity contribution in [3.8, 4) is 0 Å². The molecule has 13 heavy (non-hydrogen) atoms. The molecular formula is C13H18. The topological polar surface area (TPSA) is 0 Å². The minimum absolute atomic E-state index is 0.630. The summed E-state index contributed by atoms with van der Waals surface area (Å²) in [5.74, 6) is 0.630. The highest BCUT2D eigenvalue weighted by Gasteiger charge is 1.94. The van der Waals surface area contributed by atoms with Gasteiger partial charge >= 0.3 is 0 Å². The Balaban J connectivity index is 2.87. The minimum Gasteiger partial charge on any atom is -0.0814 e. The molecule has 0 heterocycles. The smallest absolute Gasteiger partial charge is 0.0228 e. The van der Waals surface area contributed by atoms with Crippen molar-refractivity contribution in [2.24, 2.45) is 5.92 Å². The molecule has 0 unspecified atom stereocenters. The van der Waals surface area contributed by atoms with Crippen molar-refractivity contribution in [3.63, 3.8) is 0 Å². The number of aryl methyl sites for hydroxylation is 1. The number of benzene rings is 1. The second kappa shape index (κ2) is 4.86. The van der Waals surface area contributed by atoms with Gasteiger partial charge in [0.1, 0.15) is 0 Å². The molecule has 0 amide bonds. The second-order valence-electron chi connectivity index (χ2n) is 3.66. The van der Waals surface area contributed by atoms with Crippen LogP contribution in [0.4, 0.5) is 0 Å². The first kappa shape index (κ1) is 10.0. The lowest BCUT2D eigenvalue weighted by molar-refractivity contribution is 0.836. The summed E-state index contributed by atoms with van der Waals surface area (Å²) in [4.78, 5) is 0. The molecule has 0 aromatic heterocycles. The maximum absolute atomic E-state index is 2.24. The van der Waals surface area contributed by atoms with Crippen LogP contribution in [0.3, 0.4) is 0 Å². The quantitative estimate of drug-likeness (QED) is 0.651. The molecule has 0 fully saturated rings. The zero-order chi connectivity index (χ0) is 9.68. The summed E-state index contributed by atoms with van der Waals surface area (Å²) >= 11 is 0. The van der Waals surface area contributed by atoms with Crippen LogP contribution >= 0.6 is 0 Å². The fourth-order valence-electron chi connectivity index (χ4n) is 1.31. The van der Waals surface area contributed by atoms with Crippen LogP contribution in [0.2, 0.25) is 0 Å². The van der Waals surface area contributed by atoms with Gasteiger partial charge in [0.15, 0.2) is 0 Å². The summed E-state index contributed by atoms with van der Waals surface area (Å²) in [7, 11) is 0. The maximum Gasteiger partial charge on any atom is -0.0228 e. The molecule has 1 aromatic rings. The van der Waals surface area contributed by atoms with Gasteiger partial charge in [-0.2, -0.15) is 0 Å². The van der Waals surface area contributed by atoms with E-state index in [2.05, 4.69) is 57.2 Å². The fourth-order valence-corrected chi connectivity index (χ4v) is 1.31. The molecule has 0 N–H and O–H groups in total. The summed E-state index contributed by atoms with van der Waals surface area (Å²) in [6, 6.07) is 8.57. The number of allylic oxidation sites excluding steroid dienone is 1. The summed E-state index contributed by atoms with van der Waals surface area (Å²) < 4.78 is 0. The van der Waals surface area contributed by atoms with E-state index in [1.165, 1.54) is 11.1 Å². The molecule has 0 bridgehead atoms. The van der Waals surface area contributed by atoms with Gasteiger partial charge in [-0.3, -0.25) is 0 Å². The lowest BCUT2D eigenvalue weighted by atomic mass is 10.0. The highest BCUT2D eigenvalue weighted by Crippen LogP contribution is 2.12. The molecular weight excluding hydrogens is 156 g/mol. The van der Waals surface area contributed by atoms with Crippen LogP contribution in [0.5, 0.6) is 0 Å². The van der Waals surface area contributed by atoms with Gasteiger partial charge in [-0.05, 0) is 23.5 Å². The monoisotopic (exact) mass is 174 g/mol. The van der Waals surface area contributed by atoms with Gasteiger partial charge < -0.3 is 0 Å². The Labute approximate surface area is 81.3 Å². The molecule has 0 aliphatic rings. The SMILES string of the molecule is CCc1ccccc1/C=C\C(C)C. The zero-order valence-electron chi connectivity index (χ0n) is 8.75. The molecule has 0 radical (unpaired) electrons. The van der Waals surface area contributed by atoms with Crippen LogP contribution in [0.15, 0.2) is 30.3 Å². The van der Waals surface area contributed by atoms with Crippen molar-refractivity contribution >= 4 is 6.08 Å². The van der Waals surface area contributed by atoms with Crippen LogP contribution in [-0.4, -0.2) is 0 Å². The first-order valence-electron chi connectivity index (χ1n) is 5.00. The highest BCUT2D eigenvalue weighted by molar-refractivity contribution is 5.53. The van der Waals surface area contributed by atoms with Crippen LogP contribution in [-0.2, 0) is 6.42 Å². The Hall–Kier alpha value is -1.04. The van der Waals surface area contributed by atoms with Gasteiger partial charge in [0.2, 0.25) is 0 Å². The van der Waals surface area contributed by atoms with Crippen LogP contribution in [0.1, 0.15) is 31.9 Å². The number of rotatable bonds is 3. The third-order valence-electron chi connectivity index (χ3n) is 2.10. The third kappa shape index (κ3) is 3.06. The van der Waals surface area contributed by atoms with Crippen LogP contribution in [0.25, 0.3) is 6.08 Å². The first-order valence-corrected chi connectivity index (χ1v) is 5.00. The average Bonchev–Trinajstić information content (AvgIpc) is 2.15. The lowest BCUT2D eigenvalue weighted by Crippen LogP contribution is -1.85. The van der Waals surface area contributed by atoms with Gasteiger partial charge in [-0.1, -0.05) is 57.2 Å². The second-order valence-corrected chi connectivity index (χ2v) is 3.66. The fraction of sp³-hybridized carbons (Fsp3) is 0.385. The molecule has 1 aromatic carbocycles. The van der Waals surface area contributed by atoms with E-state index in [0.717, 1.165) is 6.42 Å². The minimum atomic E-state index is 0.630. The van der Waals surface area contributed by atoms with E-state index in [1.54, 1.807) is 0 Å². The normalized spacial score (nSPS) is 11.4. The molecule has 0 nitrogen and oxygen atoms in total. The Morgan fingerprint density at radius 1 is 1.23 bits per heavy atom. The standard InChI is InChI=1S/C13H18/c1-4-12-7-5-6-8-13(12)10-9-11(2)3/h5-11H,4H2,1-3H3/b10-9-. The van der Waals surface area contributed by atoms with Gasteiger partial charge in [-0.25, -0.2) is 0 Å². The Bertz CT molecular complexity index is 282. The molecule has 70 valence electrons. The molecule has 0 aliphatic heterocycles. The number of hydrogen-bond acceptors (Lipinski definition) is 0. The van der Waals surface area contributed by atoms with Gasteiger partial charge in [0.05, 0.1) is 0 Å². The highest BCUT2D eigenvalue weighted by atomic mass is 14.0. The Kier molecular flexibility index (Phi) is 3.75. The lowest BCUT2D eigenvalue weighted by Gasteiger charge is -2.02. The van der Waals surface area contributed by atoms with Crippen molar-refractivity contribution < 1.29 is 0 Å². The van der Waals surface area contributed by atoms with Crippen molar-refractivity contribution in [1.29, 1.82) is 0 Å². The van der Waals surface area contributed by atoms with Gasteiger partial charge in [-0.15, -0.1) is 0 Å². The molecule has 0 aliphatic carbocycles. The zero-order valence-corrected chi connectivity index (χ0v) is 8.75. The van der Waals surface area contributed by atoms with Gasteiger partial charge in [0.25, 0.3) is 0 Å². The summed E-state index contributed by atoms with van der Waals surface area (Å²) in [5.41, 5.74) is 2.79. The van der Waals surface area contributed by atoms with Crippen LogP contribution < -0.4 is 0 Å². The molecule has 0 saturated carbocycles. The van der Waals surface area contributed by atoms with Crippen molar-refractivity contribution in [2.75, 3.05) is 0 Å². The first-order chi connectivity index (χ1) is 6.24. The predicted octanol–water partition coefficient (Wildman–Crippen LogP) is 3.92. The van der Waals surface area contributed by atoms with Crippen molar-refractivity contribution in [3.05, 3.63) is 41.5 Å². The number of hydrogen-bond donors (Lipinski definition) is 0. The van der Waals surface area contributed by atoms with E-state index in [0.29, 0.717) is 5.92 Å². The van der Waals surface area contributed by atoms with Gasteiger partial charge in [0, 0.05) is 0 Å². The predicted molar refractivity (Wildman–Crippen MR) is 59.7 cm³/mol. The summed E-state index contributed by atoms with van der Waals surface area (Å²) in [6.45, 7) is 6.60. The molecule has 0 spiro atoms. The Morgan fingerprint density at radius 2 is 1.92 bits per heavy atom.